The first-order chi connectivity index (χ1) is 9.21. The van der Waals surface area contributed by atoms with Gasteiger partial charge in [-0.1, -0.05) is 18.5 Å². The standard InChI is InChI=1S/C14H24ClN3O/c1-4-11-14(15)13(18(5-2)17-11)8-10-9-19-7-6-12(10)16-3/h10,12,16H,4-9H2,1-3H3. The van der Waals surface area contributed by atoms with E-state index in [-0.39, 0.29) is 0 Å². The second kappa shape index (κ2) is 6.73. The fourth-order valence-corrected chi connectivity index (χ4v) is 3.18. The topological polar surface area (TPSA) is 39.1 Å². The van der Waals surface area contributed by atoms with E-state index in [1.807, 2.05) is 11.7 Å². The number of hydrogen-bond donors (Lipinski definition) is 1. The Labute approximate surface area is 120 Å². The van der Waals surface area contributed by atoms with Gasteiger partial charge in [0.05, 0.1) is 23.0 Å². The van der Waals surface area contributed by atoms with E-state index in [0.29, 0.717) is 12.0 Å². The first kappa shape index (κ1) is 14.8. The molecule has 1 N–H and O–H groups in total. The normalized spacial score (nSPS) is 23.8. The summed E-state index contributed by atoms with van der Waals surface area (Å²) in [6.45, 7) is 6.73. The molecule has 1 aromatic rings. The number of aryl methyl sites for hydroxylation is 2. The third-order valence-corrected chi connectivity index (χ3v) is 4.43. The van der Waals surface area contributed by atoms with Crippen molar-refractivity contribution in [1.29, 1.82) is 0 Å². The molecule has 2 atom stereocenters. The predicted molar refractivity (Wildman–Crippen MR) is 77.8 cm³/mol. The zero-order valence-corrected chi connectivity index (χ0v) is 12.8. The minimum Gasteiger partial charge on any atom is -0.381 e. The Morgan fingerprint density at radius 1 is 1.47 bits per heavy atom. The molecule has 1 aliphatic rings. The lowest BCUT2D eigenvalue weighted by molar-refractivity contribution is 0.0335. The first-order valence-electron chi connectivity index (χ1n) is 7.20. The quantitative estimate of drug-likeness (QED) is 0.902. The van der Waals surface area contributed by atoms with E-state index in [1.54, 1.807) is 0 Å². The third kappa shape index (κ3) is 3.12. The molecule has 19 heavy (non-hydrogen) atoms. The number of aromatic nitrogens is 2. The maximum absolute atomic E-state index is 6.47. The summed E-state index contributed by atoms with van der Waals surface area (Å²) < 4.78 is 7.66. The second-order valence-electron chi connectivity index (χ2n) is 5.10. The van der Waals surface area contributed by atoms with Crippen LogP contribution in [0.25, 0.3) is 0 Å². The number of nitrogens with zero attached hydrogens (tertiary/aromatic N) is 2. The summed E-state index contributed by atoms with van der Waals surface area (Å²) in [6, 6.07) is 0.509. The van der Waals surface area contributed by atoms with Crippen molar-refractivity contribution in [1.82, 2.24) is 15.1 Å². The molecule has 0 saturated carbocycles. The molecule has 108 valence electrons. The van der Waals surface area contributed by atoms with Crippen molar-refractivity contribution in [3.05, 3.63) is 16.4 Å². The highest BCUT2D eigenvalue weighted by Crippen LogP contribution is 2.27. The Bertz CT molecular complexity index is 419. The van der Waals surface area contributed by atoms with Crippen LogP contribution in [0.5, 0.6) is 0 Å². The summed E-state index contributed by atoms with van der Waals surface area (Å²) >= 11 is 6.47. The Hall–Kier alpha value is -0.580. The molecule has 4 nitrogen and oxygen atoms in total. The summed E-state index contributed by atoms with van der Waals surface area (Å²) in [6.07, 6.45) is 2.89. The molecule has 0 aliphatic carbocycles. The molecule has 1 fully saturated rings. The Morgan fingerprint density at radius 3 is 2.89 bits per heavy atom. The number of hydrogen-bond acceptors (Lipinski definition) is 3. The van der Waals surface area contributed by atoms with E-state index in [0.717, 1.165) is 55.4 Å². The van der Waals surface area contributed by atoms with Crippen molar-refractivity contribution in [3.8, 4) is 0 Å². The van der Waals surface area contributed by atoms with Crippen molar-refractivity contribution in [2.75, 3.05) is 20.3 Å². The van der Waals surface area contributed by atoms with Gasteiger partial charge in [-0.05, 0) is 33.2 Å². The molecule has 1 saturated heterocycles. The van der Waals surface area contributed by atoms with Crippen molar-refractivity contribution in [2.45, 2.75) is 45.7 Å². The zero-order chi connectivity index (χ0) is 13.8. The van der Waals surface area contributed by atoms with Crippen molar-refractivity contribution >= 4 is 11.6 Å². The van der Waals surface area contributed by atoms with Gasteiger partial charge in [0, 0.05) is 25.1 Å². The number of ether oxygens (including phenoxy) is 1. The minimum atomic E-state index is 0.475. The highest BCUT2D eigenvalue weighted by Gasteiger charge is 2.27. The molecular formula is C14H24ClN3O. The van der Waals surface area contributed by atoms with Gasteiger partial charge in [0.25, 0.3) is 0 Å². The predicted octanol–water partition coefficient (Wildman–Crippen LogP) is 2.29. The highest BCUT2D eigenvalue weighted by atomic mass is 35.5. The summed E-state index contributed by atoms with van der Waals surface area (Å²) in [4.78, 5) is 0. The van der Waals surface area contributed by atoms with Crippen LogP contribution in [0.1, 0.15) is 31.7 Å². The van der Waals surface area contributed by atoms with Crippen LogP contribution >= 0.6 is 11.6 Å². The lowest BCUT2D eigenvalue weighted by atomic mass is 9.91. The van der Waals surface area contributed by atoms with Crippen LogP contribution in [0.3, 0.4) is 0 Å². The van der Waals surface area contributed by atoms with E-state index in [2.05, 4.69) is 24.3 Å². The molecule has 0 radical (unpaired) electrons. The molecule has 0 aromatic carbocycles. The molecular weight excluding hydrogens is 262 g/mol. The summed E-state index contributed by atoms with van der Waals surface area (Å²) in [5, 5.41) is 8.84. The van der Waals surface area contributed by atoms with Gasteiger partial charge in [0.1, 0.15) is 0 Å². The molecule has 1 aromatic heterocycles. The van der Waals surface area contributed by atoms with Gasteiger partial charge in [-0.3, -0.25) is 4.68 Å². The maximum atomic E-state index is 6.47. The molecule has 1 aliphatic heterocycles. The van der Waals surface area contributed by atoms with Crippen LogP contribution in [0.2, 0.25) is 5.02 Å². The Morgan fingerprint density at radius 2 is 2.26 bits per heavy atom. The van der Waals surface area contributed by atoms with Gasteiger partial charge in [0.15, 0.2) is 0 Å². The van der Waals surface area contributed by atoms with Crippen LogP contribution in [0.15, 0.2) is 0 Å². The molecule has 2 unspecified atom stereocenters. The van der Waals surface area contributed by atoms with Crippen molar-refractivity contribution < 1.29 is 4.74 Å². The monoisotopic (exact) mass is 285 g/mol. The Balaban J connectivity index is 2.19. The van der Waals surface area contributed by atoms with Crippen LogP contribution in [-0.2, 0) is 24.1 Å². The first-order valence-corrected chi connectivity index (χ1v) is 7.58. The van der Waals surface area contributed by atoms with Gasteiger partial charge in [0.2, 0.25) is 0 Å². The fourth-order valence-electron chi connectivity index (χ4n) is 2.84. The van der Waals surface area contributed by atoms with Gasteiger partial charge in [-0.2, -0.15) is 5.10 Å². The molecule has 2 heterocycles. The maximum Gasteiger partial charge on any atom is 0.0849 e. The average molecular weight is 286 g/mol. The molecule has 5 heteroatoms. The largest absolute Gasteiger partial charge is 0.381 e. The van der Waals surface area contributed by atoms with E-state index >= 15 is 0 Å². The van der Waals surface area contributed by atoms with Gasteiger partial charge in [-0.15, -0.1) is 0 Å². The Kier molecular flexibility index (Phi) is 5.25. The van der Waals surface area contributed by atoms with Crippen LogP contribution < -0.4 is 5.32 Å². The van der Waals surface area contributed by atoms with Crippen molar-refractivity contribution in [3.63, 3.8) is 0 Å². The van der Waals surface area contributed by atoms with Gasteiger partial charge >= 0.3 is 0 Å². The van der Waals surface area contributed by atoms with E-state index in [1.165, 1.54) is 0 Å². The minimum absolute atomic E-state index is 0.475. The second-order valence-corrected chi connectivity index (χ2v) is 5.48. The molecule has 0 bridgehead atoms. The molecule has 0 amide bonds. The summed E-state index contributed by atoms with van der Waals surface area (Å²) in [7, 11) is 2.03. The smallest absolute Gasteiger partial charge is 0.0849 e. The SMILES string of the molecule is CCc1nn(CC)c(CC2COCCC2NC)c1Cl. The third-order valence-electron chi connectivity index (χ3n) is 3.99. The number of rotatable bonds is 5. The van der Waals surface area contributed by atoms with Gasteiger partial charge in [-0.25, -0.2) is 0 Å². The average Bonchev–Trinajstić information content (AvgIpc) is 2.76. The van der Waals surface area contributed by atoms with E-state index < -0.39 is 0 Å². The van der Waals surface area contributed by atoms with Gasteiger partial charge < -0.3 is 10.1 Å². The number of halogens is 1. The van der Waals surface area contributed by atoms with Crippen LogP contribution in [-0.4, -0.2) is 36.1 Å². The zero-order valence-electron chi connectivity index (χ0n) is 12.1. The van der Waals surface area contributed by atoms with E-state index in [4.69, 9.17) is 16.3 Å². The van der Waals surface area contributed by atoms with E-state index in [9.17, 15) is 0 Å². The molecule has 2 rings (SSSR count). The highest BCUT2D eigenvalue weighted by molar-refractivity contribution is 6.31. The lowest BCUT2D eigenvalue weighted by Gasteiger charge is -2.31. The summed E-state index contributed by atoms with van der Waals surface area (Å²) in [5.74, 6) is 0.475. The van der Waals surface area contributed by atoms with Crippen molar-refractivity contribution in [2.24, 2.45) is 5.92 Å². The lowest BCUT2D eigenvalue weighted by Crippen LogP contribution is -2.42. The number of nitrogens with one attached hydrogen (secondary N) is 1. The fraction of sp³-hybridized carbons (Fsp3) is 0.786. The van der Waals surface area contributed by atoms with Crippen LogP contribution in [0.4, 0.5) is 0 Å². The summed E-state index contributed by atoms with van der Waals surface area (Å²) in [5.41, 5.74) is 2.17. The van der Waals surface area contributed by atoms with Crippen LogP contribution in [0, 0.1) is 5.92 Å². The molecule has 0 spiro atoms.